The average Bonchev–Trinajstić information content (AvgIpc) is 2.15. The van der Waals surface area contributed by atoms with E-state index < -0.39 is 6.17 Å². The third-order valence-corrected chi connectivity index (χ3v) is 2.38. The molecule has 0 aromatic rings. The van der Waals surface area contributed by atoms with Gasteiger partial charge in [-0.15, -0.1) is 0 Å². The first kappa shape index (κ1) is 9.93. The second kappa shape index (κ2) is 5.49. The Labute approximate surface area is 73.5 Å². The van der Waals surface area contributed by atoms with Crippen molar-refractivity contribution in [2.75, 3.05) is 26.3 Å². The van der Waals surface area contributed by atoms with E-state index in [0.717, 1.165) is 25.9 Å². The van der Waals surface area contributed by atoms with E-state index in [-0.39, 0.29) is 12.5 Å². The number of nitrogens with one attached hydrogen (secondary N) is 1. The van der Waals surface area contributed by atoms with Gasteiger partial charge in [-0.05, 0) is 38.8 Å². The van der Waals surface area contributed by atoms with Crippen LogP contribution < -0.4 is 5.32 Å². The predicted molar refractivity (Wildman–Crippen MR) is 47.0 cm³/mol. The zero-order valence-electron chi connectivity index (χ0n) is 7.68. The topological polar surface area (TPSA) is 21.3 Å². The molecule has 12 heavy (non-hydrogen) atoms. The summed E-state index contributed by atoms with van der Waals surface area (Å²) in [5.74, 6) is 0.220. The number of halogens is 1. The molecule has 0 spiro atoms. The lowest BCUT2D eigenvalue weighted by atomic mass is 9.93. The Kier molecular flexibility index (Phi) is 4.54. The lowest BCUT2D eigenvalue weighted by molar-refractivity contribution is 0.0526. The normalized spacial score (nSPS) is 22.5. The van der Waals surface area contributed by atoms with Gasteiger partial charge in [-0.2, -0.15) is 0 Å². The van der Waals surface area contributed by atoms with Crippen LogP contribution in [0.4, 0.5) is 4.39 Å². The fraction of sp³-hybridized carbons (Fsp3) is 1.00. The smallest absolute Gasteiger partial charge is 0.126 e. The first-order valence-electron chi connectivity index (χ1n) is 4.77. The molecule has 1 N–H and O–H groups in total. The highest BCUT2D eigenvalue weighted by molar-refractivity contribution is 4.75. The highest BCUT2D eigenvalue weighted by Crippen LogP contribution is 2.19. The van der Waals surface area contributed by atoms with Gasteiger partial charge in [0.1, 0.15) is 6.17 Å². The standard InChI is InChI=1S/C9H18FNO/c1-2-12-7-9(10)8-3-5-11-6-4-8/h8-9,11H,2-7H2,1H3. The molecule has 0 aromatic heterocycles. The lowest BCUT2D eigenvalue weighted by Crippen LogP contribution is -2.34. The minimum Gasteiger partial charge on any atom is -0.379 e. The third-order valence-electron chi connectivity index (χ3n) is 2.38. The molecule has 1 rings (SSSR count). The highest BCUT2D eigenvalue weighted by Gasteiger charge is 2.22. The van der Waals surface area contributed by atoms with Gasteiger partial charge < -0.3 is 10.1 Å². The van der Waals surface area contributed by atoms with E-state index in [1.807, 2.05) is 6.92 Å². The summed E-state index contributed by atoms with van der Waals surface area (Å²) in [6, 6.07) is 0. The summed E-state index contributed by atoms with van der Waals surface area (Å²) in [5.41, 5.74) is 0. The second-order valence-corrected chi connectivity index (χ2v) is 3.26. The highest BCUT2D eigenvalue weighted by atomic mass is 19.1. The van der Waals surface area contributed by atoms with Gasteiger partial charge in [-0.25, -0.2) is 4.39 Å². The van der Waals surface area contributed by atoms with Gasteiger partial charge in [0.15, 0.2) is 0 Å². The maximum Gasteiger partial charge on any atom is 0.126 e. The second-order valence-electron chi connectivity index (χ2n) is 3.26. The molecular weight excluding hydrogens is 157 g/mol. The molecule has 1 aliphatic rings. The molecule has 1 heterocycles. The number of rotatable bonds is 4. The molecule has 1 fully saturated rings. The van der Waals surface area contributed by atoms with Crippen LogP contribution in [0.1, 0.15) is 19.8 Å². The van der Waals surface area contributed by atoms with Gasteiger partial charge in [0.05, 0.1) is 6.61 Å². The summed E-state index contributed by atoms with van der Waals surface area (Å²) < 4.78 is 18.4. The fourth-order valence-electron chi connectivity index (χ4n) is 1.57. The first-order valence-corrected chi connectivity index (χ1v) is 4.77. The van der Waals surface area contributed by atoms with Gasteiger partial charge in [0.25, 0.3) is 0 Å². The van der Waals surface area contributed by atoms with Crippen LogP contribution in [-0.4, -0.2) is 32.5 Å². The summed E-state index contributed by atoms with van der Waals surface area (Å²) >= 11 is 0. The first-order chi connectivity index (χ1) is 5.84. The quantitative estimate of drug-likeness (QED) is 0.696. The van der Waals surface area contributed by atoms with Crippen molar-refractivity contribution in [3.63, 3.8) is 0 Å². The number of alkyl halides is 1. The molecule has 1 saturated heterocycles. The molecule has 72 valence electrons. The minimum absolute atomic E-state index is 0.220. The number of hydrogen-bond acceptors (Lipinski definition) is 2. The molecular formula is C9H18FNO. The number of ether oxygens (including phenoxy) is 1. The monoisotopic (exact) mass is 175 g/mol. The maximum absolute atomic E-state index is 13.3. The van der Waals surface area contributed by atoms with Crippen molar-refractivity contribution in [3.8, 4) is 0 Å². The largest absolute Gasteiger partial charge is 0.379 e. The van der Waals surface area contributed by atoms with Gasteiger partial charge in [0, 0.05) is 6.61 Å². The molecule has 3 heteroatoms. The van der Waals surface area contributed by atoms with Crippen molar-refractivity contribution in [1.29, 1.82) is 0 Å². The lowest BCUT2D eigenvalue weighted by Gasteiger charge is -2.25. The van der Waals surface area contributed by atoms with Crippen LogP contribution in [0.2, 0.25) is 0 Å². The fourth-order valence-corrected chi connectivity index (χ4v) is 1.57. The maximum atomic E-state index is 13.3. The summed E-state index contributed by atoms with van der Waals surface area (Å²) in [5, 5.41) is 3.22. The Hall–Kier alpha value is -0.150. The van der Waals surface area contributed by atoms with Crippen LogP contribution in [0.5, 0.6) is 0 Å². The molecule has 2 nitrogen and oxygen atoms in total. The van der Waals surface area contributed by atoms with E-state index >= 15 is 0 Å². The molecule has 1 unspecified atom stereocenters. The van der Waals surface area contributed by atoms with Gasteiger partial charge in [0.2, 0.25) is 0 Å². The minimum atomic E-state index is -0.757. The summed E-state index contributed by atoms with van der Waals surface area (Å²) in [4.78, 5) is 0. The molecule has 0 bridgehead atoms. The van der Waals surface area contributed by atoms with E-state index in [4.69, 9.17) is 4.74 Å². The zero-order chi connectivity index (χ0) is 8.81. The number of piperidine rings is 1. The van der Waals surface area contributed by atoms with E-state index in [9.17, 15) is 4.39 Å². The Morgan fingerprint density at radius 2 is 2.17 bits per heavy atom. The van der Waals surface area contributed by atoms with Crippen LogP contribution in [0, 0.1) is 5.92 Å². The molecule has 0 aromatic carbocycles. The van der Waals surface area contributed by atoms with Gasteiger partial charge >= 0.3 is 0 Å². The molecule has 0 saturated carbocycles. The summed E-state index contributed by atoms with van der Waals surface area (Å²) in [6.45, 7) is 4.70. The van der Waals surface area contributed by atoms with Crippen LogP contribution in [0.15, 0.2) is 0 Å². The van der Waals surface area contributed by atoms with Crippen molar-refractivity contribution in [3.05, 3.63) is 0 Å². The van der Waals surface area contributed by atoms with Crippen LogP contribution >= 0.6 is 0 Å². The summed E-state index contributed by atoms with van der Waals surface area (Å²) in [6.07, 6.45) is 1.15. The Bertz CT molecular complexity index is 115. The molecule has 0 amide bonds. The molecule has 0 radical (unpaired) electrons. The number of hydrogen-bond donors (Lipinski definition) is 1. The average molecular weight is 175 g/mol. The SMILES string of the molecule is CCOCC(F)C1CCNCC1. The van der Waals surface area contributed by atoms with E-state index in [1.165, 1.54) is 0 Å². The Morgan fingerprint density at radius 3 is 2.75 bits per heavy atom. The van der Waals surface area contributed by atoms with Crippen LogP contribution in [-0.2, 0) is 4.74 Å². The third kappa shape index (κ3) is 3.07. The van der Waals surface area contributed by atoms with Crippen molar-refractivity contribution < 1.29 is 9.13 Å². The van der Waals surface area contributed by atoms with Crippen molar-refractivity contribution in [1.82, 2.24) is 5.32 Å². The van der Waals surface area contributed by atoms with E-state index in [0.29, 0.717) is 6.61 Å². The molecule has 0 aliphatic carbocycles. The van der Waals surface area contributed by atoms with Crippen molar-refractivity contribution >= 4 is 0 Å². The van der Waals surface area contributed by atoms with Crippen LogP contribution in [0.25, 0.3) is 0 Å². The van der Waals surface area contributed by atoms with Crippen molar-refractivity contribution in [2.24, 2.45) is 5.92 Å². The Balaban J connectivity index is 2.15. The van der Waals surface area contributed by atoms with E-state index in [1.54, 1.807) is 0 Å². The van der Waals surface area contributed by atoms with Gasteiger partial charge in [-0.3, -0.25) is 0 Å². The Morgan fingerprint density at radius 1 is 1.50 bits per heavy atom. The zero-order valence-corrected chi connectivity index (χ0v) is 7.68. The summed E-state index contributed by atoms with van der Waals surface area (Å²) in [7, 11) is 0. The molecule has 1 atom stereocenters. The van der Waals surface area contributed by atoms with Crippen LogP contribution in [0.3, 0.4) is 0 Å². The predicted octanol–water partition coefficient (Wildman–Crippen LogP) is 1.36. The van der Waals surface area contributed by atoms with Gasteiger partial charge in [-0.1, -0.05) is 0 Å². The van der Waals surface area contributed by atoms with E-state index in [2.05, 4.69) is 5.32 Å². The molecule has 1 aliphatic heterocycles. The van der Waals surface area contributed by atoms with Crippen molar-refractivity contribution in [2.45, 2.75) is 25.9 Å².